The lowest BCUT2D eigenvalue weighted by atomic mass is 9.99. The van der Waals surface area contributed by atoms with Crippen molar-refractivity contribution in [3.05, 3.63) is 63.1 Å². The maximum Gasteiger partial charge on any atom is 0.255 e. The zero-order chi connectivity index (χ0) is 18.0. The first kappa shape index (κ1) is 18.1. The smallest absolute Gasteiger partial charge is 0.255 e. The van der Waals surface area contributed by atoms with Crippen molar-refractivity contribution in [3.8, 4) is 0 Å². The molecule has 1 heterocycles. The number of rotatable bonds is 4. The standard InChI is InChI=1S/C20H23BrN2O2/c1-3-14-4-5-16(11-19(14)21)20(25)22-18-7-6-15-8-9-23(13(2)24)12-17(15)10-18/h4-7,10-11,13,24H,3,8-9,12H2,1-2H3,(H,22,25). The summed E-state index contributed by atoms with van der Waals surface area (Å²) in [5, 5.41) is 12.8. The van der Waals surface area contributed by atoms with Crippen LogP contribution >= 0.6 is 15.9 Å². The van der Waals surface area contributed by atoms with Crippen molar-refractivity contribution < 1.29 is 9.90 Å². The van der Waals surface area contributed by atoms with E-state index in [1.54, 1.807) is 6.92 Å². The van der Waals surface area contributed by atoms with Gasteiger partial charge < -0.3 is 10.4 Å². The minimum absolute atomic E-state index is 0.119. The van der Waals surface area contributed by atoms with Crippen LogP contribution in [0.15, 0.2) is 40.9 Å². The van der Waals surface area contributed by atoms with E-state index in [0.29, 0.717) is 12.1 Å². The Morgan fingerprint density at radius 1 is 1.28 bits per heavy atom. The van der Waals surface area contributed by atoms with Crippen LogP contribution in [0, 0.1) is 0 Å². The molecule has 1 atom stereocenters. The van der Waals surface area contributed by atoms with E-state index in [1.807, 2.05) is 35.2 Å². The molecular weight excluding hydrogens is 380 g/mol. The van der Waals surface area contributed by atoms with Crippen LogP contribution in [0.5, 0.6) is 0 Å². The van der Waals surface area contributed by atoms with Crippen LogP contribution in [0.25, 0.3) is 0 Å². The quantitative estimate of drug-likeness (QED) is 0.813. The summed E-state index contributed by atoms with van der Waals surface area (Å²) in [6, 6.07) is 11.7. The average Bonchev–Trinajstić information content (AvgIpc) is 2.60. The van der Waals surface area contributed by atoms with E-state index in [-0.39, 0.29) is 5.91 Å². The number of aryl methyl sites for hydroxylation is 1. The first-order valence-corrected chi connectivity index (χ1v) is 9.41. The maximum atomic E-state index is 12.5. The van der Waals surface area contributed by atoms with E-state index in [2.05, 4.69) is 34.2 Å². The first-order valence-electron chi connectivity index (χ1n) is 8.61. The fourth-order valence-electron chi connectivity index (χ4n) is 3.15. The molecular formula is C20H23BrN2O2. The summed E-state index contributed by atoms with van der Waals surface area (Å²) in [5.74, 6) is -0.119. The molecule has 2 aromatic rings. The van der Waals surface area contributed by atoms with Gasteiger partial charge in [-0.25, -0.2) is 0 Å². The molecule has 1 aliphatic rings. The molecule has 0 radical (unpaired) electrons. The number of carbonyl (C=O) groups excluding carboxylic acids is 1. The van der Waals surface area contributed by atoms with Gasteiger partial charge in [0.25, 0.3) is 5.91 Å². The lowest BCUT2D eigenvalue weighted by molar-refractivity contribution is 0.00919. The molecule has 0 bridgehead atoms. The van der Waals surface area contributed by atoms with Gasteiger partial charge >= 0.3 is 0 Å². The lowest BCUT2D eigenvalue weighted by Gasteiger charge is -2.31. The van der Waals surface area contributed by atoms with Crippen LogP contribution in [0.4, 0.5) is 5.69 Å². The molecule has 4 nitrogen and oxygen atoms in total. The van der Waals surface area contributed by atoms with Gasteiger partial charge in [0.05, 0.1) is 0 Å². The zero-order valence-corrected chi connectivity index (χ0v) is 16.1. The highest BCUT2D eigenvalue weighted by atomic mass is 79.9. The molecule has 1 unspecified atom stereocenters. The normalized spacial score (nSPS) is 15.5. The maximum absolute atomic E-state index is 12.5. The molecule has 2 aromatic carbocycles. The monoisotopic (exact) mass is 402 g/mol. The predicted octanol–water partition coefficient (Wildman–Crippen LogP) is 3.96. The minimum atomic E-state index is -0.458. The number of aliphatic hydroxyl groups is 1. The Hall–Kier alpha value is -1.69. The fourth-order valence-corrected chi connectivity index (χ4v) is 3.81. The van der Waals surface area contributed by atoms with Crippen molar-refractivity contribution in [2.75, 3.05) is 11.9 Å². The van der Waals surface area contributed by atoms with Gasteiger partial charge in [0.1, 0.15) is 6.23 Å². The summed E-state index contributed by atoms with van der Waals surface area (Å²) in [6.07, 6.45) is 1.38. The molecule has 5 heteroatoms. The molecule has 0 aromatic heterocycles. The highest BCUT2D eigenvalue weighted by Crippen LogP contribution is 2.24. The van der Waals surface area contributed by atoms with Crippen LogP contribution in [0.3, 0.4) is 0 Å². The van der Waals surface area contributed by atoms with Crippen LogP contribution < -0.4 is 5.32 Å². The number of hydrogen-bond acceptors (Lipinski definition) is 3. The number of anilines is 1. The molecule has 0 saturated carbocycles. The molecule has 3 rings (SSSR count). The van der Waals surface area contributed by atoms with E-state index in [1.165, 1.54) is 11.1 Å². The van der Waals surface area contributed by atoms with Gasteiger partial charge in [-0.1, -0.05) is 35.0 Å². The van der Waals surface area contributed by atoms with Crippen molar-refractivity contribution in [2.24, 2.45) is 0 Å². The second-order valence-electron chi connectivity index (χ2n) is 6.45. The fraction of sp³-hybridized carbons (Fsp3) is 0.350. The number of fused-ring (bicyclic) bond motifs is 1. The van der Waals surface area contributed by atoms with E-state index in [0.717, 1.165) is 35.1 Å². The Morgan fingerprint density at radius 3 is 2.76 bits per heavy atom. The Bertz CT molecular complexity index is 789. The van der Waals surface area contributed by atoms with E-state index in [9.17, 15) is 9.90 Å². The lowest BCUT2D eigenvalue weighted by Crippen LogP contribution is -2.37. The molecule has 132 valence electrons. The molecule has 0 spiro atoms. The summed E-state index contributed by atoms with van der Waals surface area (Å²) < 4.78 is 0.959. The van der Waals surface area contributed by atoms with Gasteiger partial charge in [-0.3, -0.25) is 9.69 Å². The Balaban J connectivity index is 1.76. The number of benzene rings is 2. The summed E-state index contributed by atoms with van der Waals surface area (Å²) >= 11 is 3.52. The summed E-state index contributed by atoms with van der Waals surface area (Å²) in [5.41, 5.74) is 5.04. The van der Waals surface area contributed by atoms with Crippen molar-refractivity contribution in [1.29, 1.82) is 0 Å². The molecule has 0 aliphatic carbocycles. The van der Waals surface area contributed by atoms with Crippen LogP contribution in [0.1, 0.15) is 40.9 Å². The largest absolute Gasteiger partial charge is 0.379 e. The number of nitrogens with one attached hydrogen (secondary N) is 1. The van der Waals surface area contributed by atoms with E-state index < -0.39 is 6.23 Å². The van der Waals surface area contributed by atoms with Gasteiger partial charge in [-0.15, -0.1) is 0 Å². The minimum Gasteiger partial charge on any atom is -0.379 e. The van der Waals surface area contributed by atoms with Gasteiger partial charge in [0, 0.05) is 28.8 Å². The zero-order valence-electron chi connectivity index (χ0n) is 14.6. The van der Waals surface area contributed by atoms with Gasteiger partial charge in [0.15, 0.2) is 0 Å². The predicted molar refractivity (Wildman–Crippen MR) is 104 cm³/mol. The SMILES string of the molecule is CCc1ccc(C(=O)Nc2ccc3c(c2)CN(C(C)O)CC3)cc1Br. The summed E-state index contributed by atoms with van der Waals surface area (Å²) in [4.78, 5) is 14.5. The topological polar surface area (TPSA) is 52.6 Å². The Labute approximate surface area is 157 Å². The van der Waals surface area contributed by atoms with Crippen molar-refractivity contribution in [2.45, 2.75) is 39.5 Å². The number of aliphatic hydroxyl groups excluding tert-OH is 1. The third-order valence-electron chi connectivity index (χ3n) is 4.73. The van der Waals surface area contributed by atoms with Crippen LogP contribution in [0.2, 0.25) is 0 Å². The third kappa shape index (κ3) is 4.11. The number of carbonyl (C=O) groups is 1. The highest BCUT2D eigenvalue weighted by Gasteiger charge is 2.19. The molecule has 2 N–H and O–H groups in total. The molecule has 0 saturated heterocycles. The second-order valence-corrected chi connectivity index (χ2v) is 7.30. The van der Waals surface area contributed by atoms with E-state index in [4.69, 9.17) is 0 Å². The number of hydrogen-bond donors (Lipinski definition) is 2. The van der Waals surface area contributed by atoms with Crippen molar-refractivity contribution in [3.63, 3.8) is 0 Å². The van der Waals surface area contributed by atoms with Gasteiger partial charge in [0.2, 0.25) is 0 Å². The van der Waals surface area contributed by atoms with Crippen molar-refractivity contribution in [1.82, 2.24) is 4.90 Å². The average molecular weight is 403 g/mol. The Kier molecular flexibility index (Phi) is 5.57. The van der Waals surface area contributed by atoms with Crippen LogP contribution in [-0.4, -0.2) is 28.7 Å². The van der Waals surface area contributed by atoms with Crippen molar-refractivity contribution >= 4 is 27.5 Å². The summed E-state index contributed by atoms with van der Waals surface area (Å²) in [7, 11) is 0. The van der Waals surface area contributed by atoms with E-state index >= 15 is 0 Å². The first-order chi connectivity index (χ1) is 12.0. The molecule has 25 heavy (non-hydrogen) atoms. The number of halogens is 1. The highest BCUT2D eigenvalue weighted by molar-refractivity contribution is 9.10. The van der Waals surface area contributed by atoms with Crippen LogP contribution in [-0.2, 0) is 19.4 Å². The van der Waals surface area contributed by atoms with Gasteiger partial charge in [-0.05, 0) is 60.7 Å². The molecule has 0 fully saturated rings. The third-order valence-corrected chi connectivity index (χ3v) is 5.47. The second kappa shape index (κ2) is 7.68. The summed E-state index contributed by atoms with van der Waals surface area (Å²) in [6.45, 7) is 5.43. The van der Waals surface area contributed by atoms with Gasteiger partial charge in [-0.2, -0.15) is 0 Å². The molecule has 1 aliphatic heterocycles. The Morgan fingerprint density at radius 2 is 2.08 bits per heavy atom. The molecule has 1 amide bonds. The number of nitrogens with zero attached hydrogens (tertiary/aromatic N) is 1. The number of amides is 1.